The second-order valence-electron chi connectivity index (χ2n) is 9.46. The van der Waals surface area contributed by atoms with Crippen LogP contribution in [0.1, 0.15) is 31.9 Å². The van der Waals surface area contributed by atoms with Gasteiger partial charge in [0.05, 0.1) is 17.1 Å². The first-order valence-electron chi connectivity index (χ1n) is 11.4. The van der Waals surface area contributed by atoms with Crippen molar-refractivity contribution >= 4 is 21.5 Å². The molecule has 8 nitrogen and oxygen atoms in total. The zero-order chi connectivity index (χ0) is 24.3. The van der Waals surface area contributed by atoms with Gasteiger partial charge in [-0.1, -0.05) is 51.1 Å². The van der Waals surface area contributed by atoms with Crippen LogP contribution in [0, 0.1) is 0 Å². The number of rotatable bonds is 6. The van der Waals surface area contributed by atoms with Crippen molar-refractivity contribution in [1.82, 2.24) is 15.1 Å². The smallest absolute Gasteiger partial charge is 0.267 e. The van der Waals surface area contributed by atoms with Crippen LogP contribution in [0.2, 0.25) is 0 Å². The van der Waals surface area contributed by atoms with Gasteiger partial charge in [0.15, 0.2) is 0 Å². The second-order valence-corrected chi connectivity index (χ2v) is 11.1. The van der Waals surface area contributed by atoms with Gasteiger partial charge in [-0.25, -0.2) is 13.1 Å². The van der Waals surface area contributed by atoms with Gasteiger partial charge in [-0.2, -0.15) is 5.10 Å². The average molecular weight is 482 g/mol. The molecule has 2 heterocycles. The number of anilines is 2. The molecular formula is C25H31N5O3S. The second kappa shape index (κ2) is 9.60. The summed E-state index contributed by atoms with van der Waals surface area (Å²) >= 11 is 0. The van der Waals surface area contributed by atoms with Crippen molar-refractivity contribution in [2.24, 2.45) is 0 Å². The van der Waals surface area contributed by atoms with Crippen LogP contribution in [-0.4, -0.2) is 44.4 Å². The standard InChI is InChI=1S/C25H31N5O3S/c1-25(2,3)20-8-10-21(11-9-20)34(32,33)28-22-7-5-4-6-19(22)18-30-24(31)13-12-23(27-30)29-16-14-26-15-17-29/h4-13,26,28H,14-18H2,1-3H3. The highest BCUT2D eigenvalue weighted by atomic mass is 32.2. The zero-order valence-electron chi connectivity index (χ0n) is 19.8. The molecule has 1 aliphatic heterocycles. The normalized spacial score (nSPS) is 14.7. The van der Waals surface area contributed by atoms with E-state index in [1.807, 2.05) is 18.2 Å². The van der Waals surface area contributed by atoms with E-state index in [0.717, 1.165) is 37.6 Å². The summed E-state index contributed by atoms with van der Waals surface area (Å²) in [5.74, 6) is 0.734. The Morgan fingerprint density at radius 1 is 0.971 bits per heavy atom. The van der Waals surface area contributed by atoms with Crippen LogP contribution in [0.3, 0.4) is 0 Å². The van der Waals surface area contributed by atoms with Crippen LogP contribution in [0.5, 0.6) is 0 Å². The number of hydrogen-bond acceptors (Lipinski definition) is 6. The van der Waals surface area contributed by atoms with E-state index in [2.05, 4.69) is 40.8 Å². The molecule has 0 unspecified atom stereocenters. The van der Waals surface area contributed by atoms with E-state index < -0.39 is 10.0 Å². The molecular weight excluding hydrogens is 450 g/mol. The molecule has 4 rings (SSSR count). The summed E-state index contributed by atoms with van der Waals surface area (Å²) in [6.45, 7) is 9.75. The SMILES string of the molecule is CC(C)(C)c1ccc(S(=O)(=O)Nc2ccccc2Cn2nc(N3CCNCC3)ccc2=O)cc1. The molecule has 0 bridgehead atoms. The lowest BCUT2D eigenvalue weighted by atomic mass is 9.87. The fourth-order valence-electron chi connectivity index (χ4n) is 3.87. The van der Waals surface area contributed by atoms with E-state index in [1.165, 1.54) is 10.7 Å². The largest absolute Gasteiger partial charge is 0.353 e. The molecule has 1 fully saturated rings. The molecule has 0 amide bonds. The van der Waals surface area contributed by atoms with E-state index in [0.29, 0.717) is 11.3 Å². The van der Waals surface area contributed by atoms with Gasteiger partial charge < -0.3 is 10.2 Å². The summed E-state index contributed by atoms with van der Waals surface area (Å²) in [5.41, 5.74) is 1.83. The number of nitrogens with zero attached hydrogens (tertiary/aromatic N) is 3. The Bertz CT molecular complexity index is 1310. The molecule has 0 spiro atoms. The Morgan fingerprint density at radius 2 is 1.65 bits per heavy atom. The van der Waals surface area contributed by atoms with Gasteiger partial charge in [0.2, 0.25) is 0 Å². The van der Waals surface area contributed by atoms with Gasteiger partial charge in [0.1, 0.15) is 5.82 Å². The van der Waals surface area contributed by atoms with Crippen molar-refractivity contribution in [2.45, 2.75) is 37.6 Å². The molecule has 0 saturated carbocycles. The highest BCUT2D eigenvalue weighted by Gasteiger charge is 2.19. The van der Waals surface area contributed by atoms with Crippen LogP contribution >= 0.6 is 0 Å². The van der Waals surface area contributed by atoms with Crippen molar-refractivity contribution < 1.29 is 8.42 Å². The van der Waals surface area contributed by atoms with Crippen LogP contribution in [0.4, 0.5) is 11.5 Å². The number of aromatic nitrogens is 2. The van der Waals surface area contributed by atoms with E-state index in [9.17, 15) is 13.2 Å². The Balaban J connectivity index is 1.58. The molecule has 0 atom stereocenters. The third-order valence-corrected chi connectivity index (χ3v) is 7.29. The molecule has 9 heteroatoms. The summed E-state index contributed by atoms with van der Waals surface area (Å²) in [5, 5.41) is 7.84. The Morgan fingerprint density at radius 3 is 2.32 bits per heavy atom. The lowest BCUT2D eigenvalue weighted by molar-refractivity contribution is 0.566. The maximum atomic E-state index is 13.1. The van der Waals surface area contributed by atoms with Crippen LogP contribution in [0.15, 0.2) is 70.4 Å². The summed E-state index contributed by atoms with van der Waals surface area (Å²) in [6.07, 6.45) is 0. The number of nitrogens with one attached hydrogen (secondary N) is 2. The Labute approximate surface area is 200 Å². The molecule has 0 radical (unpaired) electrons. The average Bonchev–Trinajstić information content (AvgIpc) is 2.81. The first-order valence-corrected chi connectivity index (χ1v) is 12.9. The number of hydrogen-bond donors (Lipinski definition) is 2. The molecule has 2 N–H and O–H groups in total. The van der Waals surface area contributed by atoms with Gasteiger partial charge >= 0.3 is 0 Å². The van der Waals surface area contributed by atoms with Crippen molar-refractivity contribution in [2.75, 3.05) is 35.8 Å². The molecule has 34 heavy (non-hydrogen) atoms. The maximum Gasteiger partial charge on any atom is 0.267 e. The number of para-hydroxylation sites is 1. The highest BCUT2D eigenvalue weighted by molar-refractivity contribution is 7.92. The molecule has 1 aromatic heterocycles. The molecule has 3 aromatic rings. The minimum absolute atomic E-state index is 0.0676. The maximum absolute atomic E-state index is 13.1. The third kappa shape index (κ3) is 5.48. The van der Waals surface area contributed by atoms with Gasteiger partial charge in [-0.15, -0.1) is 0 Å². The van der Waals surface area contributed by atoms with E-state index in [-0.39, 0.29) is 22.4 Å². The van der Waals surface area contributed by atoms with Crippen molar-refractivity contribution in [3.63, 3.8) is 0 Å². The summed E-state index contributed by atoms with van der Waals surface area (Å²) in [4.78, 5) is 14.8. The van der Waals surface area contributed by atoms with Crippen molar-refractivity contribution in [1.29, 1.82) is 0 Å². The molecule has 180 valence electrons. The van der Waals surface area contributed by atoms with Crippen LogP contribution < -0.4 is 20.5 Å². The molecule has 1 aliphatic rings. The van der Waals surface area contributed by atoms with Crippen molar-refractivity contribution in [3.8, 4) is 0 Å². The first-order chi connectivity index (χ1) is 16.1. The van der Waals surface area contributed by atoms with E-state index in [4.69, 9.17) is 0 Å². The van der Waals surface area contributed by atoms with Gasteiger partial charge in [-0.3, -0.25) is 9.52 Å². The lowest BCUT2D eigenvalue weighted by Gasteiger charge is -2.28. The van der Waals surface area contributed by atoms with E-state index in [1.54, 1.807) is 36.4 Å². The quantitative estimate of drug-likeness (QED) is 0.562. The van der Waals surface area contributed by atoms with Gasteiger partial charge in [-0.05, 0) is 40.8 Å². The van der Waals surface area contributed by atoms with E-state index >= 15 is 0 Å². The highest BCUT2D eigenvalue weighted by Crippen LogP contribution is 2.25. The fraction of sp³-hybridized carbons (Fsp3) is 0.360. The monoisotopic (exact) mass is 481 g/mol. The Kier molecular flexibility index (Phi) is 6.77. The van der Waals surface area contributed by atoms with Crippen LogP contribution in [0.25, 0.3) is 0 Å². The predicted octanol–water partition coefficient (Wildman–Crippen LogP) is 2.80. The first kappa shape index (κ1) is 24.0. The molecule has 2 aromatic carbocycles. The minimum atomic E-state index is -3.80. The van der Waals surface area contributed by atoms with Crippen LogP contribution in [-0.2, 0) is 22.0 Å². The lowest BCUT2D eigenvalue weighted by Crippen LogP contribution is -2.44. The predicted molar refractivity (Wildman–Crippen MR) is 135 cm³/mol. The minimum Gasteiger partial charge on any atom is -0.353 e. The summed E-state index contributed by atoms with van der Waals surface area (Å²) < 4.78 is 30.2. The fourth-order valence-corrected chi connectivity index (χ4v) is 4.97. The zero-order valence-corrected chi connectivity index (χ0v) is 20.6. The van der Waals surface area contributed by atoms with Gasteiger partial charge in [0.25, 0.3) is 15.6 Å². The third-order valence-electron chi connectivity index (χ3n) is 5.91. The van der Waals surface area contributed by atoms with Crippen molar-refractivity contribution in [3.05, 3.63) is 82.1 Å². The summed E-state index contributed by atoms with van der Waals surface area (Å²) in [6, 6.07) is 17.2. The molecule has 1 saturated heterocycles. The number of benzene rings is 2. The number of sulfonamides is 1. The summed E-state index contributed by atoms with van der Waals surface area (Å²) in [7, 11) is -3.80. The Hall–Kier alpha value is -3.17. The topological polar surface area (TPSA) is 96.3 Å². The molecule has 0 aliphatic carbocycles. The van der Waals surface area contributed by atoms with Gasteiger partial charge in [0, 0.05) is 32.2 Å². The number of piperazine rings is 1.